The Kier molecular flexibility index (Phi) is 11.0. The van der Waals surface area contributed by atoms with E-state index in [9.17, 15) is 0 Å². The molecule has 0 amide bonds. The summed E-state index contributed by atoms with van der Waals surface area (Å²) in [4.78, 5) is 0. The molecular weight excluding hydrogens is 272 g/mol. The van der Waals surface area contributed by atoms with Crippen molar-refractivity contribution in [3.8, 4) is 0 Å². The molecule has 0 aromatic carbocycles. The summed E-state index contributed by atoms with van der Waals surface area (Å²) in [5.41, 5.74) is 11.1. The first kappa shape index (κ1) is 23.8. The van der Waals surface area contributed by atoms with Gasteiger partial charge in [-0.2, -0.15) is 0 Å². The Morgan fingerprint density at radius 2 is 0.842 bits per heavy atom. The second kappa shape index (κ2) is 8.80. The second-order valence-electron chi connectivity index (χ2n) is 6.12. The quantitative estimate of drug-likeness (QED) is 0.281. The molecule has 0 aliphatic rings. The minimum Gasteiger partial charge on any atom is -0.759 e. The Balaban J connectivity index is -0.000000206. The fraction of sp³-hybridized carbons (Fsp3) is 1.00. The van der Waals surface area contributed by atoms with E-state index in [0.717, 1.165) is 8.97 Å². The van der Waals surface area contributed by atoms with Crippen molar-refractivity contribution in [2.45, 2.75) is 26.2 Å². The van der Waals surface area contributed by atoms with Gasteiger partial charge in [0.15, 0.2) is 0 Å². The van der Waals surface area contributed by atoms with Crippen molar-refractivity contribution in [2.24, 2.45) is 11.5 Å². The van der Waals surface area contributed by atoms with Gasteiger partial charge in [-0.25, -0.2) is 0 Å². The molecule has 0 saturated heterocycles. The maximum Gasteiger partial charge on any atom is 0.136 e. The lowest BCUT2D eigenvalue weighted by Gasteiger charge is -2.27. The third-order valence-electron chi connectivity index (χ3n) is 2.44. The molecule has 0 heterocycles. The van der Waals surface area contributed by atoms with Crippen molar-refractivity contribution in [2.75, 3.05) is 42.3 Å². The van der Waals surface area contributed by atoms with Crippen LogP contribution >= 0.6 is 0 Å². The zero-order chi connectivity index (χ0) is 16.7. The van der Waals surface area contributed by atoms with Gasteiger partial charge >= 0.3 is 0 Å². The summed E-state index contributed by atoms with van der Waals surface area (Å²) in [5, 5.41) is 0. The van der Waals surface area contributed by atoms with Crippen LogP contribution in [-0.4, -0.2) is 81.1 Å². The smallest absolute Gasteiger partial charge is 0.136 e. The molecule has 4 N–H and O–H groups in total. The van der Waals surface area contributed by atoms with E-state index >= 15 is 0 Å². The molecule has 0 bridgehead atoms. The van der Waals surface area contributed by atoms with Crippen LogP contribution in [0.5, 0.6) is 0 Å². The predicted molar refractivity (Wildman–Crippen MR) is 73.8 cm³/mol. The Hall–Kier alpha value is -0.290. The summed E-state index contributed by atoms with van der Waals surface area (Å²) in [6, 6.07) is 0. The van der Waals surface area contributed by atoms with Crippen LogP contribution in [0.3, 0.4) is 0 Å². The van der Waals surface area contributed by atoms with Gasteiger partial charge in [0, 0.05) is 24.2 Å². The van der Waals surface area contributed by atoms with Gasteiger partial charge in [-0.15, -0.1) is 0 Å². The molecule has 0 aliphatic heterocycles. The van der Waals surface area contributed by atoms with Crippen molar-refractivity contribution >= 4 is 10.4 Å². The highest BCUT2D eigenvalue weighted by Crippen LogP contribution is 1.92. The van der Waals surface area contributed by atoms with E-state index in [4.69, 9.17) is 29.0 Å². The first-order valence-corrected chi connectivity index (χ1v) is 7.02. The Bertz CT molecular complexity index is 289. The monoisotopic (exact) mass is 302 g/mol. The molecule has 0 aromatic heterocycles. The number of hydrogen-bond donors (Lipinski definition) is 2. The van der Waals surface area contributed by atoms with Gasteiger partial charge in [0.1, 0.15) is 12.3 Å². The van der Waals surface area contributed by atoms with E-state index in [0.29, 0.717) is 0 Å². The van der Waals surface area contributed by atoms with Gasteiger partial charge in [-0.1, -0.05) is 0 Å². The highest BCUT2D eigenvalue weighted by Gasteiger charge is 2.11. The topological polar surface area (TPSA) is 132 Å². The predicted octanol–water partition coefficient (Wildman–Crippen LogP) is -1.34. The molecule has 9 heteroatoms. The van der Waals surface area contributed by atoms with Crippen LogP contribution in [0, 0.1) is 0 Å². The lowest BCUT2D eigenvalue weighted by Crippen LogP contribution is -2.48. The van der Waals surface area contributed by atoms with Crippen molar-refractivity contribution in [3.63, 3.8) is 0 Å². The molecular formula is C10H30N4O4S. The lowest BCUT2D eigenvalue weighted by molar-refractivity contribution is -0.893. The van der Waals surface area contributed by atoms with Crippen LogP contribution in [0.1, 0.15) is 13.8 Å². The average Bonchev–Trinajstić information content (AvgIpc) is 1.97. The van der Waals surface area contributed by atoms with Crippen LogP contribution in [0.2, 0.25) is 0 Å². The summed E-state index contributed by atoms with van der Waals surface area (Å²) >= 11 is 0. The van der Waals surface area contributed by atoms with Crippen LogP contribution in [-0.2, 0) is 10.4 Å². The van der Waals surface area contributed by atoms with Gasteiger partial charge < -0.3 is 18.1 Å². The molecule has 0 aliphatic carbocycles. The van der Waals surface area contributed by atoms with Crippen molar-refractivity contribution in [3.05, 3.63) is 0 Å². The minimum atomic E-state index is -5.17. The SMILES string of the molecule is CC(N)[N+](C)(C)C.CC(N)[N+](C)(C)C.O=S(=O)([O-])[O-]. The summed E-state index contributed by atoms with van der Waals surface area (Å²) in [6.45, 7) is 4.00. The Labute approximate surface area is 117 Å². The fourth-order valence-electron chi connectivity index (χ4n) is 0. The highest BCUT2D eigenvalue weighted by atomic mass is 32.3. The first-order valence-electron chi connectivity index (χ1n) is 5.69. The molecule has 0 saturated carbocycles. The van der Waals surface area contributed by atoms with Gasteiger partial charge in [0.25, 0.3) is 0 Å². The third-order valence-corrected chi connectivity index (χ3v) is 2.44. The Morgan fingerprint density at radius 3 is 0.842 bits per heavy atom. The molecule has 19 heavy (non-hydrogen) atoms. The fourth-order valence-corrected chi connectivity index (χ4v) is 0. The maximum atomic E-state index is 8.52. The van der Waals surface area contributed by atoms with E-state index in [1.54, 1.807) is 0 Å². The molecule has 8 nitrogen and oxygen atoms in total. The average molecular weight is 302 g/mol. The van der Waals surface area contributed by atoms with Crippen molar-refractivity contribution < 1.29 is 26.5 Å². The van der Waals surface area contributed by atoms with E-state index in [2.05, 4.69) is 42.3 Å². The molecule has 0 rings (SSSR count). The number of rotatable bonds is 2. The second-order valence-corrected chi connectivity index (χ2v) is 6.94. The number of hydrogen-bond acceptors (Lipinski definition) is 6. The van der Waals surface area contributed by atoms with E-state index in [1.165, 1.54) is 0 Å². The molecule has 2 atom stereocenters. The molecule has 0 spiro atoms. The highest BCUT2D eigenvalue weighted by molar-refractivity contribution is 7.79. The summed E-state index contributed by atoms with van der Waals surface area (Å²) in [6.07, 6.45) is 0.472. The summed E-state index contributed by atoms with van der Waals surface area (Å²) in [5.74, 6) is 0. The molecule has 0 fully saturated rings. The summed E-state index contributed by atoms with van der Waals surface area (Å²) in [7, 11) is 7.28. The Morgan fingerprint density at radius 1 is 0.789 bits per heavy atom. The molecule has 2 unspecified atom stereocenters. The van der Waals surface area contributed by atoms with Crippen LogP contribution in [0.4, 0.5) is 0 Å². The third kappa shape index (κ3) is 31.9. The van der Waals surface area contributed by atoms with Crippen molar-refractivity contribution in [1.82, 2.24) is 0 Å². The zero-order valence-corrected chi connectivity index (χ0v) is 14.1. The van der Waals surface area contributed by atoms with E-state index < -0.39 is 10.4 Å². The summed E-state index contributed by atoms with van der Waals surface area (Å²) < 4.78 is 35.8. The van der Waals surface area contributed by atoms with E-state index in [1.807, 2.05) is 13.8 Å². The molecule has 0 radical (unpaired) electrons. The van der Waals surface area contributed by atoms with Crippen LogP contribution in [0.15, 0.2) is 0 Å². The number of quaternary nitrogens is 2. The molecule has 120 valence electrons. The maximum absolute atomic E-state index is 8.52. The van der Waals surface area contributed by atoms with Gasteiger partial charge in [0.05, 0.1) is 42.3 Å². The lowest BCUT2D eigenvalue weighted by atomic mass is 10.5. The van der Waals surface area contributed by atoms with Gasteiger partial charge in [-0.05, 0) is 0 Å². The normalized spacial score (nSPS) is 15.4. The largest absolute Gasteiger partial charge is 0.759 e. The van der Waals surface area contributed by atoms with Gasteiger partial charge in [0.2, 0.25) is 0 Å². The number of nitrogens with two attached hydrogens (primary N) is 2. The standard InChI is InChI=1S/2C5H15N2.H2O4S/c2*1-5(6)7(2,3)4;1-5(2,3)4/h2*5H,6H2,1-4H3;(H2,1,2,3,4)/q2*+1;/p-2. The van der Waals surface area contributed by atoms with Gasteiger partial charge in [-0.3, -0.25) is 19.9 Å². The van der Waals surface area contributed by atoms with Crippen LogP contribution < -0.4 is 11.5 Å². The zero-order valence-electron chi connectivity index (χ0n) is 13.2. The van der Waals surface area contributed by atoms with Crippen LogP contribution in [0.25, 0.3) is 0 Å². The van der Waals surface area contributed by atoms with E-state index in [-0.39, 0.29) is 12.3 Å². The van der Waals surface area contributed by atoms with Crippen molar-refractivity contribution in [1.29, 1.82) is 0 Å². The molecule has 0 aromatic rings. The first-order chi connectivity index (χ1) is 7.89. The minimum absolute atomic E-state index is 0.236. The number of nitrogens with zero attached hydrogens (tertiary/aromatic N) is 2.